The molecule has 0 aliphatic heterocycles. The van der Waals surface area contributed by atoms with Gasteiger partial charge in [0.1, 0.15) is 0 Å². The van der Waals surface area contributed by atoms with Crippen LogP contribution in [0.15, 0.2) is 47.5 Å². The molecule has 0 saturated heterocycles. The van der Waals surface area contributed by atoms with E-state index in [2.05, 4.69) is 10.3 Å². The Kier molecular flexibility index (Phi) is 4.45. The van der Waals surface area contributed by atoms with E-state index in [-0.39, 0.29) is 5.56 Å². The van der Waals surface area contributed by atoms with E-state index in [1.165, 1.54) is 0 Å². The van der Waals surface area contributed by atoms with Crippen LogP contribution < -0.4 is 10.9 Å². The van der Waals surface area contributed by atoms with Crippen molar-refractivity contribution in [3.8, 4) is 0 Å². The molecular formula is C15H18ClN3O. The molecular weight excluding hydrogens is 274 g/mol. The Balaban J connectivity index is 2.39. The fraction of sp³-hybridized carbons (Fsp3) is 0.333. The van der Waals surface area contributed by atoms with Gasteiger partial charge in [0, 0.05) is 24.8 Å². The van der Waals surface area contributed by atoms with E-state index >= 15 is 0 Å². The average Bonchev–Trinajstić information content (AvgIpc) is 2.50. The fourth-order valence-corrected chi connectivity index (χ4v) is 2.25. The lowest BCUT2D eigenvalue weighted by Crippen LogP contribution is -2.37. The number of hydrogen-bond donors (Lipinski definition) is 1. The van der Waals surface area contributed by atoms with Gasteiger partial charge in [-0.25, -0.2) is 4.98 Å². The van der Waals surface area contributed by atoms with Crippen LogP contribution in [0.5, 0.6) is 0 Å². The third-order valence-corrected chi connectivity index (χ3v) is 3.86. The molecule has 1 aromatic heterocycles. The number of anilines is 1. The number of rotatable bonds is 5. The molecule has 106 valence electrons. The average molecular weight is 292 g/mol. The second-order valence-electron chi connectivity index (χ2n) is 4.82. The number of aryl methyl sites for hydroxylation is 1. The Morgan fingerprint density at radius 2 is 2.05 bits per heavy atom. The Morgan fingerprint density at radius 1 is 1.35 bits per heavy atom. The van der Waals surface area contributed by atoms with Gasteiger partial charge in [0.25, 0.3) is 5.56 Å². The molecule has 1 unspecified atom stereocenters. The first-order valence-corrected chi connectivity index (χ1v) is 7.09. The molecule has 1 aromatic carbocycles. The summed E-state index contributed by atoms with van der Waals surface area (Å²) in [6, 6.07) is 9.81. The summed E-state index contributed by atoms with van der Waals surface area (Å²) < 4.78 is 1.61. The van der Waals surface area contributed by atoms with Crippen LogP contribution in [-0.4, -0.2) is 15.4 Å². The van der Waals surface area contributed by atoms with Gasteiger partial charge >= 0.3 is 0 Å². The van der Waals surface area contributed by atoms with Gasteiger partial charge in [-0.1, -0.05) is 30.3 Å². The van der Waals surface area contributed by atoms with E-state index in [0.29, 0.717) is 18.2 Å². The summed E-state index contributed by atoms with van der Waals surface area (Å²) in [5, 5.41) is 3.19. The maximum absolute atomic E-state index is 12.2. The van der Waals surface area contributed by atoms with Gasteiger partial charge < -0.3 is 9.88 Å². The van der Waals surface area contributed by atoms with Crippen LogP contribution in [0.25, 0.3) is 0 Å². The number of halogens is 1. The van der Waals surface area contributed by atoms with Crippen molar-refractivity contribution < 1.29 is 0 Å². The van der Waals surface area contributed by atoms with Gasteiger partial charge in [-0.3, -0.25) is 4.79 Å². The van der Waals surface area contributed by atoms with Crippen LogP contribution in [0.3, 0.4) is 0 Å². The molecule has 0 fully saturated rings. The molecule has 4 nitrogen and oxygen atoms in total. The Bertz CT molecular complexity index is 627. The zero-order chi connectivity index (χ0) is 14.6. The predicted molar refractivity (Wildman–Crippen MR) is 82.3 cm³/mol. The van der Waals surface area contributed by atoms with Crippen LogP contribution in [-0.2, 0) is 12.1 Å². The van der Waals surface area contributed by atoms with E-state index in [4.69, 9.17) is 11.6 Å². The molecule has 0 aliphatic rings. The lowest BCUT2D eigenvalue weighted by Gasteiger charge is -2.29. The summed E-state index contributed by atoms with van der Waals surface area (Å²) in [5.74, 6) is 0.653. The SMILES string of the molecule is CCn1ccnc(NC(C)(CCl)c2ccccc2)c1=O. The van der Waals surface area contributed by atoms with E-state index < -0.39 is 5.54 Å². The Morgan fingerprint density at radius 3 is 2.65 bits per heavy atom. The topological polar surface area (TPSA) is 46.9 Å². The molecule has 0 aliphatic carbocycles. The molecule has 20 heavy (non-hydrogen) atoms. The van der Waals surface area contributed by atoms with Gasteiger partial charge in [-0.05, 0) is 19.4 Å². The van der Waals surface area contributed by atoms with E-state index in [1.807, 2.05) is 44.2 Å². The van der Waals surface area contributed by atoms with Gasteiger partial charge in [0.05, 0.1) is 5.54 Å². The van der Waals surface area contributed by atoms with Crippen molar-refractivity contribution in [1.82, 2.24) is 9.55 Å². The highest BCUT2D eigenvalue weighted by atomic mass is 35.5. The number of nitrogens with one attached hydrogen (secondary N) is 1. The molecule has 0 amide bonds. The Hall–Kier alpha value is -1.81. The fourth-order valence-electron chi connectivity index (χ4n) is 2.03. The molecule has 5 heteroatoms. The summed E-state index contributed by atoms with van der Waals surface area (Å²) in [5.41, 5.74) is 0.340. The van der Waals surface area contributed by atoms with Crippen LogP contribution >= 0.6 is 11.6 Å². The van der Waals surface area contributed by atoms with Gasteiger partial charge in [-0.2, -0.15) is 0 Å². The number of aromatic nitrogens is 2. The quantitative estimate of drug-likeness (QED) is 0.862. The van der Waals surface area contributed by atoms with Crippen LogP contribution in [0.4, 0.5) is 5.82 Å². The first kappa shape index (κ1) is 14.6. The first-order chi connectivity index (χ1) is 9.60. The van der Waals surface area contributed by atoms with E-state index in [1.54, 1.807) is 17.0 Å². The number of benzene rings is 1. The van der Waals surface area contributed by atoms with E-state index in [0.717, 1.165) is 5.56 Å². The molecule has 2 rings (SSSR count). The van der Waals surface area contributed by atoms with Crippen molar-refractivity contribution in [3.63, 3.8) is 0 Å². The van der Waals surface area contributed by atoms with Crippen LogP contribution in [0.2, 0.25) is 0 Å². The van der Waals surface area contributed by atoms with Crippen molar-refractivity contribution in [1.29, 1.82) is 0 Å². The largest absolute Gasteiger partial charge is 0.355 e. The molecule has 0 bridgehead atoms. The number of alkyl halides is 1. The summed E-state index contributed by atoms with van der Waals surface area (Å²) >= 11 is 6.12. The summed E-state index contributed by atoms with van der Waals surface area (Å²) in [6.07, 6.45) is 3.29. The minimum absolute atomic E-state index is 0.137. The second kappa shape index (κ2) is 6.09. The van der Waals surface area contributed by atoms with Crippen molar-refractivity contribution >= 4 is 17.4 Å². The molecule has 1 heterocycles. The number of nitrogens with zero attached hydrogens (tertiary/aromatic N) is 2. The van der Waals surface area contributed by atoms with Crippen molar-refractivity contribution in [2.24, 2.45) is 0 Å². The summed E-state index contributed by atoms with van der Waals surface area (Å²) in [7, 11) is 0. The molecule has 1 atom stereocenters. The second-order valence-corrected chi connectivity index (χ2v) is 5.09. The van der Waals surface area contributed by atoms with Gasteiger partial charge in [0.15, 0.2) is 5.82 Å². The normalized spacial score (nSPS) is 13.8. The minimum Gasteiger partial charge on any atom is -0.355 e. The zero-order valence-corrected chi connectivity index (χ0v) is 12.4. The van der Waals surface area contributed by atoms with Gasteiger partial charge in [-0.15, -0.1) is 11.6 Å². The van der Waals surface area contributed by atoms with Crippen molar-refractivity contribution in [2.75, 3.05) is 11.2 Å². The Labute approximate surface area is 123 Å². The smallest absolute Gasteiger partial charge is 0.293 e. The molecule has 1 N–H and O–H groups in total. The minimum atomic E-state index is -0.540. The predicted octanol–water partition coefficient (Wildman–Crippen LogP) is 2.83. The lowest BCUT2D eigenvalue weighted by atomic mass is 9.94. The van der Waals surface area contributed by atoms with Crippen molar-refractivity contribution in [2.45, 2.75) is 25.9 Å². The third-order valence-electron chi connectivity index (χ3n) is 3.33. The van der Waals surface area contributed by atoms with E-state index in [9.17, 15) is 4.79 Å². The lowest BCUT2D eigenvalue weighted by molar-refractivity contribution is 0.606. The van der Waals surface area contributed by atoms with Crippen LogP contribution in [0, 0.1) is 0 Å². The van der Waals surface area contributed by atoms with Crippen LogP contribution in [0.1, 0.15) is 19.4 Å². The summed E-state index contributed by atoms with van der Waals surface area (Å²) in [4.78, 5) is 16.4. The first-order valence-electron chi connectivity index (χ1n) is 6.56. The molecule has 0 spiro atoms. The highest BCUT2D eigenvalue weighted by molar-refractivity contribution is 6.18. The third kappa shape index (κ3) is 2.85. The van der Waals surface area contributed by atoms with Crippen molar-refractivity contribution in [3.05, 3.63) is 58.6 Å². The maximum Gasteiger partial charge on any atom is 0.293 e. The summed E-state index contributed by atoms with van der Waals surface area (Å²) in [6.45, 7) is 4.49. The maximum atomic E-state index is 12.2. The highest BCUT2D eigenvalue weighted by Gasteiger charge is 2.26. The molecule has 0 radical (unpaired) electrons. The zero-order valence-electron chi connectivity index (χ0n) is 11.6. The monoisotopic (exact) mass is 291 g/mol. The molecule has 2 aromatic rings. The standard InChI is InChI=1S/C15H18ClN3O/c1-3-19-10-9-17-13(14(19)20)18-15(2,11-16)12-7-5-4-6-8-12/h4-10H,3,11H2,1-2H3,(H,17,18). The number of hydrogen-bond acceptors (Lipinski definition) is 3. The van der Waals surface area contributed by atoms with Gasteiger partial charge in [0.2, 0.25) is 0 Å². The highest BCUT2D eigenvalue weighted by Crippen LogP contribution is 2.25. The molecule has 0 saturated carbocycles.